The third-order valence-electron chi connectivity index (χ3n) is 4.68. The fraction of sp³-hybridized carbons (Fsp3) is 0.647. The van der Waals surface area contributed by atoms with Gasteiger partial charge in [-0.25, -0.2) is 0 Å². The largest absolute Gasteiger partial charge is 0.493 e. The zero-order valence-electron chi connectivity index (χ0n) is 13.1. The van der Waals surface area contributed by atoms with Crippen molar-refractivity contribution in [3.63, 3.8) is 0 Å². The van der Waals surface area contributed by atoms with E-state index in [-0.39, 0.29) is 0 Å². The van der Waals surface area contributed by atoms with Crippen LogP contribution >= 0.6 is 0 Å². The fourth-order valence-electron chi connectivity index (χ4n) is 3.26. The Bertz CT molecular complexity index is 464. The van der Waals surface area contributed by atoms with Gasteiger partial charge in [0, 0.05) is 19.6 Å². The number of ether oxygens (including phenoxy) is 2. The summed E-state index contributed by atoms with van der Waals surface area (Å²) in [6.45, 7) is 4.40. The lowest BCUT2D eigenvalue weighted by molar-refractivity contribution is 0.111. The summed E-state index contributed by atoms with van der Waals surface area (Å²) in [4.78, 5) is 2.35. The molecule has 0 aliphatic carbocycles. The van der Waals surface area contributed by atoms with Gasteiger partial charge in [0.15, 0.2) is 11.5 Å². The molecule has 0 spiro atoms. The number of piperidine rings is 1. The van der Waals surface area contributed by atoms with Gasteiger partial charge >= 0.3 is 0 Å². The molecule has 2 fully saturated rings. The van der Waals surface area contributed by atoms with Crippen LogP contribution in [0, 0.1) is 0 Å². The van der Waals surface area contributed by atoms with Crippen LogP contribution in [0.1, 0.15) is 30.7 Å². The first-order valence-corrected chi connectivity index (χ1v) is 8.00. The van der Waals surface area contributed by atoms with E-state index >= 15 is 0 Å². The molecule has 1 atom stereocenters. The third kappa shape index (κ3) is 3.50. The number of methoxy groups -OCH3 is 1. The van der Waals surface area contributed by atoms with Crippen molar-refractivity contribution in [3.8, 4) is 11.5 Å². The maximum Gasteiger partial charge on any atom is 0.161 e. The minimum absolute atomic E-state index is 0.314. The zero-order valence-corrected chi connectivity index (χ0v) is 13.1. The lowest BCUT2D eigenvalue weighted by Crippen LogP contribution is -2.35. The summed E-state index contributed by atoms with van der Waals surface area (Å²) in [5.74, 6) is 2.37. The third-order valence-corrected chi connectivity index (χ3v) is 4.68. The highest BCUT2D eigenvalue weighted by Gasteiger charge is 2.21. The molecule has 0 bridgehead atoms. The Kier molecular flexibility index (Phi) is 4.66. The smallest absolute Gasteiger partial charge is 0.161 e. The Morgan fingerprint density at radius 3 is 2.62 bits per heavy atom. The number of nitrogens with one attached hydrogen (secondary N) is 1. The summed E-state index contributed by atoms with van der Waals surface area (Å²) in [5.41, 5.74) is 1.35. The highest BCUT2D eigenvalue weighted by molar-refractivity contribution is 5.44. The molecule has 0 radical (unpaired) electrons. The van der Waals surface area contributed by atoms with Gasteiger partial charge in [0.2, 0.25) is 0 Å². The number of likely N-dealkylation sites (tertiary alicyclic amines) is 1. The summed E-state index contributed by atoms with van der Waals surface area (Å²) >= 11 is 0. The summed E-state index contributed by atoms with van der Waals surface area (Å²) in [6, 6.07) is 6.44. The topological polar surface area (TPSA) is 33.7 Å². The van der Waals surface area contributed by atoms with Crippen molar-refractivity contribution < 1.29 is 9.47 Å². The number of benzene rings is 1. The fourth-order valence-corrected chi connectivity index (χ4v) is 3.26. The average molecular weight is 290 g/mol. The standard InChI is InChI=1S/C17H26N2O2/c1-19-9-6-15(7-10-19)21-16-4-3-13(11-17(16)20-2)14-5-8-18-12-14/h3-4,11,14-15,18H,5-10,12H2,1-2H3. The molecule has 2 aliphatic heterocycles. The van der Waals surface area contributed by atoms with Crippen molar-refractivity contribution in [2.45, 2.75) is 31.3 Å². The van der Waals surface area contributed by atoms with E-state index in [4.69, 9.17) is 9.47 Å². The van der Waals surface area contributed by atoms with Crippen LogP contribution in [-0.4, -0.2) is 51.3 Å². The van der Waals surface area contributed by atoms with Crippen LogP contribution in [0.3, 0.4) is 0 Å². The maximum atomic E-state index is 6.18. The molecule has 2 aliphatic rings. The van der Waals surface area contributed by atoms with Gasteiger partial charge < -0.3 is 19.7 Å². The lowest BCUT2D eigenvalue weighted by atomic mass is 9.98. The number of rotatable bonds is 4. The number of hydrogen-bond donors (Lipinski definition) is 1. The van der Waals surface area contributed by atoms with E-state index in [1.807, 2.05) is 0 Å². The molecule has 3 rings (SSSR count). The van der Waals surface area contributed by atoms with Crippen LogP contribution in [0.5, 0.6) is 11.5 Å². The van der Waals surface area contributed by atoms with Gasteiger partial charge in [-0.2, -0.15) is 0 Å². The van der Waals surface area contributed by atoms with Crippen LogP contribution in [-0.2, 0) is 0 Å². The first-order chi connectivity index (χ1) is 10.3. The van der Waals surface area contributed by atoms with Crippen LogP contribution in [0.25, 0.3) is 0 Å². The Balaban J connectivity index is 1.69. The molecular weight excluding hydrogens is 264 g/mol. The monoisotopic (exact) mass is 290 g/mol. The summed E-state index contributed by atoms with van der Waals surface area (Å²) in [5, 5.41) is 3.42. The van der Waals surface area contributed by atoms with Crippen LogP contribution in [0.2, 0.25) is 0 Å². The van der Waals surface area contributed by atoms with E-state index in [0.29, 0.717) is 12.0 Å². The van der Waals surface area contributed by atoms with Gasteiger partial charge in [-0.1, -0.05) is 6.07 Å². The second-order valence-electron chi connectivity index (χ2n) is 6.22. The van der Waals surface area contributed by atoms with E-state index in [2.05, 4.69) is 35.5 Å². The van der Waals surface area contributed by atoms with Crippen molar-refractivity contribution in [3.05, 3.63) is 23.8 Å². The van der Waals surface area contributed by atoms with Crippen LogP contribution in [0.4, 0.5) is 0 Å². The summed E-state index contributed by atoms with van der Waals surface area (Å²) in [7, 11) is 3.90. The number of nitrogens with zero attached hydrogens (tertiary/aromatic N) is 1. The molecule has 1 aromatic rings. The second kappa shape index (κ2) is 6.67. The molecule has 1 N–H and O–H groups in total. The van der Waals surface area contributed by atoms with E-state index in [1.54, 1.807) is 7.11 Å². The summed E-state index contributed by atoms with van der Waals surface area (Å²) < 4.78 is 11.7. The SMILES string of the molecule is COc1cc(C2CCNC2)ccc1OC1CCN(C)CC1. The molecule has 2 saturated heterocycles. The van der Waals surface area contributed by atoms with E-state index in [0.717, 1.165) is 50.5 Å². The predicted octanol–water partition coefficient (Wildman–Crippen LogP) is 2.25. The average Bonchev–Trinajstić information content (AvgIpc) is 3.04. The van der Waals surface area contributed by atoms with Gasteiger partial charge in [0.1, 0.15) is 6.10 Å². The van der Waals surface area contributed by atoms with Gasteiger partial charge in [0.25, 0.3) is 0 Å². The first-order valence-electron chi connectivity index (χ1n) is 8.00. The molecule has 4 heteroatoms. The normalized spacial score (nSPS) is 24.2. The van der Waals surface area contributed by atoms with E-state index in [1.165, 1.54) is 12.0 Å². The molecular formula is C17H26N2O2. The van der Waals surface area contributed by atoms with Crippen molar-refractivity contribution in [1.82, 2.24) is 10.2 Å². The van der Waals surface area contributed by atoms with Crippen molar-refractivity contribution >= 4 is 0 Å². The van der Waals surface area contributed by atoms with Crippen molar-refractivity contribution in [2.75, 3.05) is 40.3 Å². The van der Waals surface area contributed by atoms with Gasteiger partial charge in [-0.15, -0.1) is 0 Å². The number of hydrogen-bond acceptors (Lipinski definition) is 4. The van der Waals surface area contributed by atoms with Crippen molar-refractivity contribution in [1.29, 1.82) is 0 Å². The maximum absolute atomic E-state index is 6.18. The van der Waals surface area contributed by atoms with Crippen molar-refractivity contribution in [2.24, 2.45) is 0 Å². The molecule has 1 unspecified atom stereocenters. The second-order valence-corrected chi connectivity index (χ2v) is 6.22. The van der Waals surface area contributed by atoms with E-state index < -0.39 is 0 Å². The minimum Gasteiger partial charge on any atom is -0.493 e. The Hall–Kier alpha value is -1.26. The van der Waals surface area contributed by atoms with Crippen LogP contribution < -0.4 is 14.8 Å². The highest BCUT2D eigenvalue weighted by atomic mass is 16.5. The Morgan fingerprint density at radius 1 is 1.14 bits per heavy atom. The van der Waals surface area contributed by atoms with E-state index in [9.17, 15) is 0 Å². The van der Waals surface area contributed by atoms with Gasteiger partial charge in [0.05, 0.1) is 7.11 Å². The Labute approximate surface area is 127 Å². The molecule has 0 saturated carbocycles. The summed E-state index contributed by atoms with van der Waals surface area (Å²) in [6.07, 6.45) is 3.70. The first kappa shape index (κ1) is 14.7. The molecule has 4 nitrogen and oxygen atoms in total. The lowest BCUT2D eigenvalue weighted by Gasteiger charge is -2.29. The highest BCUT2D eigenvalue weighted by Crippen LogP contribution is 2.34. The van der Waals surface area contributed by atoms with Crippen LogP contribution in [0.15, 0.2) is 18.2 Å². The van der Waals surface area contributed by atoms with Gasteiger partial charge in [-0.05, 0) is 56.5 Å². The molecule has 21 heavy (non-hydrogen) atoms. The molecule has 116 valence electrons. The molecule has 0 aromatic heterocycles. The molecule has 2 heterocycles. The quantitative estimate of drug-likeness (QED) is 0.922. The molecule has 1 aromatic carbocycles. The minimum atomic E-state index is 0.314. The molecule has 0 amide bonds. The predicted molar refractivity (Wildman–Crippen MR) is 84.4 cm³/mol. The zero-order chi connectivity index (χ0) is 14.7. The Morgan fingerprint density at radius 2 is 1.95 bits per heavy atom. The van der Waals surface area contributed by atoms with Gasteiger partial charge in [-0.3, -0.25) is 0 Å².